The fraction of sp³-hybridized carbons (Fsp3) is 0.154. The van der Waals surface area contributed by atoms with E-state index in [1.54, 1.807) is 6.08 Å². The third kappa shape index (κ3) is 3.85. The van der Waals surface area contributed by atoms with Gasteiger partial charge in [-0.05, 0) is 61.4 Å². The highest BCUT2D eigenvalue weighted by atomic mass is 32.2. The van der Waals surface area contributed by atoms with Crippen LogP contribution in [0.3, 0.4) is 0 Å². The predicted octanol–water partition coefficient (Wildman–Crippen LogP) is 5.13. The Hall–Kier alpha value is -3.71. The molecule has 0 bridgehead atoms. The molecule has 7 heteroatoms. The van der Waals surface area contributed by atoms with E-state index < -0.39 is 5.91 Å². The van der Waals surface area contributed by atoms with Crippen molar-refractivity contribution in [2.24, 2.45) is 10.1 Å². The van der Waals surface area contributed by atoms with Gasteiger partial charge in [-0.3, -0.25) is 10.2 Å². The van der Waals surface area contributed by atoms with Crippen LogP contribution >= 0.6 is 11.8 Å². The predicted molar refractivity (Wildman–Crippen MR) is 135 cm³/mol. The number of amides is 1. The first kappa shape index (κ1) is 21.2. The highest BCUT2D eigenvalue weighted by Gasteiger charge is 2.36. The highest BCUT2D eigenvalue weighted by Crippen LogP contribution is 2.32. The average molecular weight is 454 g/mol. The lowest BCUT2D eigenvalue weighted by atomic mass is 10.1. The van der Waals surface area contributed by atoms with E-state index in [-0.39, 0.29) is 11.4 Å². The van der Waals surface area contributed by atoms with Gasteiger partial charge in [0.1, 0.15) is 5.04 Å². The molecule has 0 saturated carbocycles. The van der Waals surface area contributed by atoms with Gasteiger partial charge in [-0.1, -0.05) is 54.6 Å². The van der Waals surface area contributed by atoms with E-state index in [9.17, 15) is 4.79 Å². The van der Waals surface area contributed by atoms with E-state index in [0.29, 0.717) is 5.17 Å². The Morgan fingerprint density at radius 1 is 1.03 bits per heavy atom. The number of nitrogens with one attached hydrogen (secondary N) is 1. The summed E-state index contributed by atoms with van der Waals surface area (Å²) in [6, 6.07) is 20.3. The molecule has 0 spiro atoms. The molecule has 0 saturated heterocycles. The van der Waals surface area contributed by atoms with Crippen LogP contribution in [0.25, 0.3) is 6.08 Å². The average Bonchev–Trinajstić information content (AvgIpc) is 3.34. The van der Waals surface area contributed by atoms with E-state index in [1.165, 1.54) is 22.3 Å². The van der Waals surface area contributed by atoms with Gasteiger partial charge in [-0.2, -0.15) is 15.1 Å². The molecular formula is C26H23N5OS. The van der Waals surface area contributed by atoms with E-state index in [0.717, 1.165) is 39.7 Å². The summed E-state index contributed by atoms with van der Waals surface area (Å²) in [6.07, 6.45) is 1.76. The van der Waals surface area contributed by atoms with Crippen molar-refractivity contribution in [3.8, 4) is 0 Å². The van der Waals surface area contributed by atoms with Crippen LogP contribution in [-0.4, -0.2) is 31.5 Å². The molecule has 0 radical (unpaired) electrons. The second kappa shape index (κ2) is 8.33. The van der Waals surface area contributed by atoms with Crippen molar-refractivity contribution in [2.75, 3.05) is 0 Å². The number of hydrazone groups is 1. The molecule has 0 fully saturated rings. The van der Waals surface area contributed by atoms with Crippen molar-refractivity contribution < 1.29 is 4.79 Å². The Morgan fingerprint density at radius 2 is 1.76 bits per heavy atom. The second-order valence-electron chi connectivity index (χ2n) is 8.14. The molecule has 1 N–H and O–H groups in total. The van der Waals surface area contributed by atoms with Crippen molar-refractivity contribution in [3.05, 3.63) is 99.9 Å². The summed E-state index contributed by atoms with van der Waals surface area (Å²) >= 11 is 1.32. The molecule has 33 heavy (non-hydrogen) atoms. The number of fused-ring (bicyclic) bond motifs is 1. The number of aryl methyl sites for hydroxylation is 2. The number of carbonyl (C=O) groups excluding carboxylic acids is 1. The molecule has 0 unspecified atom stereocenters. The van der Waals surface area contributed by atoms with Crippen LogP contribution in [0, 0.1) is 26.2 Å². The Kier molecular flexibility index (Phi) is 5.34. The number of amidine groups is 2. The van der Waals surface area contributed by atoms with E-state index in [4.69, 9.17) is 5.41 Å². The van der Waals surface area contributed by atoms with Crippen molar-refractivity contribution >= 4 is 39.8 Å². The number of aromatic nitrogens is 1. The summed E-state index contributed by atoms with van der Waals surface area (Å²) in [4.78, 5) is 17.1. The number of aliphatic imine (C=N–C) groups is 1. The fourth-order valence-electron chi connectivity index (χ4n) is 4.05. The lowest BCUT2D eigenvalue weighted by Gasteiger charge is -2.20. The first-order valence-corrected chi connectivity index (χ1v) is 11.5. The molecule has 2 aliphatic heterocycles. The number of carbonyl (C=O) groups is 1. The van der Waals surface area contributed by atoms with E-state index >= 15 is 0 Å². The first-order valence-electron chi connectivity index (χ1n) is 10.7. The van der Waals surface area contributed by atoms with Crippen LogP contribution in [-0.2, 0) is 11.3 Å². The normalized spacial score (nSPS) is 16.8. The van der Waals surface area contributed by atoms with Gasteiger partial charge in [0.05, 0.1) is 5.57 Å². The van der Waals surface area contributed by atoms with Crippen molar-refractivity contribution in [1.82, 2.24) is 9.58 Å². The van der Waals surface area contributed by atoms with Gasteiger partial charge in [0.15, 0.2) is 5.84 Å². The summed E-state index contributed by atoms with van der Waals surface area (Å²) in [5, 5.41) is 15.9. The SMILES string of the molecule is Cc1ccccc1C1=NN2C(=N)/C(=C/c3cc(C)n(Cc4ccccc4)c3C)C(=O)N=C2S1. The number of benzene rings is 2. The number of hydrogen-bond acceptors (Lipinski definition) is 4. The van der Waals surface area contributed by atoms with Crippen LogP contribution in [0.2, 0.25) is 0 Å². The van der Waals surface area contributed by atoms with Gasteiger partial charge in [-0.15, -0.1) is 0 Å². The Bertz CT molecular complexity index is 1380. The smallest absolute Gasteiger partial charge is 0.283 e. The van der Waals surface area contributed by atoms with Crippen LogP contribution in [0.4, 0.5) is 0 Å². The lowest BCUT2D eigenvalue weighted by Crippen LogP contribution is -2.35. The molecule has 3 aromatic rings. The van der Waals surface area contributed by atoms with Crippen LogP contribution in [0.5, 0.6) is 0 Å². The maximum absolute atomic E-state index is 12.9. The zero-order valence-electron chi connectivity index (χ0n) is 18.7. The molecule has 2 aliphatic rings. The number of rotatable bonds is 4. The third-order valence-electron chi connectivity index (χ3n) is 5.93. The zero-order chi connectivity index (χ0) is 23.1. The lowest BCUT2D eigenvalue weighted by molar-refractivity contribution is -0.114. The molecule has 0 aliphatic carbocycles. The third-order valence-corrected chi connectivity index (χ3v) is 6.87. The standard InChI is InChI=1S/C26H23N5OS/c1-16-9-7-8-12-21(16)25-29-31-23(27)22(24(32)28-26(31)33-25)14-20-13-17(2)30(18(20)3)15-19-10-5-4-6-11-19/h4-14,27H,15H2,1-3H3/b22-14-,27-23?. The number of nitrogens with zero attached hydrogens (tertiary/aromatic N) is 4. The summed E-state index contributed by atoms with van der Waals surface area (Å²) < 4.78 is 2.22. The topological polar surface area (TPSA) is 73.8 Å². The molecule has 3 heterocycles. The second-order valence-corrected chi connectivity index (χ2v) is 9.09. The maximum atomic E-state index is 12.9. The maximum Gasteiger partial charge on any atom is 0.283 e. The molecule has 164 valence electrons. The number of thioether (sulfide) groups is 1. The van der Waals surface area contributed by atoms with Crippen molar-refractivity contribution in [3.63, 3.8) is 0 Å². The number of hydrogen-bond donors (Lipinski definition) is 1. The van der Waals surface area contributed by atoms with Gasteiger partial charge in [0, 0.05) is 23.5 Å². The van der Waals surface area contributed by atoms with E-state index in [1.807, 2.05) is 62.4 Å². The minimum Gasteiger partial charge on any atom is -0.344 e. The Balaban J connectivity index is 1.47. The molecule has 1 aromatic heterocycles. The summed E-state index contributed by atoms with van der Waals surface area (Å²) in [5.41, 5.74) is 6.57. The minimum atomic E-state index is -0.409. The Morgan fingerprint density at radius 3 is 2.52 bits per heavy atom. The fourth-order valence-corrected chi connectivity index (χ4v) is 5.03. The molecule has 1 amide bonds. The Labute approximate surface area is 196 Å². The van der Waals surface area contributed by atoms with Crippen LogP contribution in [0.1, 0.15) is 33.6 Å². The van der Waals surface area contributed by atoms with Gasteiger partial charge in [-0.25, -0.2) is 0 Å². The zero-order valence-corrected chi connectivity index (χ0v) is 19.5. The molecule has 6 nitrogen and oxygen atoms in total. The molecule has 0 atom stereocenters. The van der Waals surface area contributed by atoms with Gasteiger partial charge in [0.2, 0.25) is 5.17 Å². The monoisotopic (exact) mass is 453 g/mol. The van der Waals surface area contributed by atoms with Crippen molar-refractivity contribution in [1.29, 1.82) is 5.41 Å². The van der Waals surface area contributed by atoms with E-state index in [2.05, 4.69) is 33.7 Å². The van der Waals surface area contributed by atoms with Gasteiger partial charge in [0.25, 0.3) is 5.91 Å². The van der Waals surface area contributed by atoms with Crippen LogP contribution in [0.15, 0.2) is 76.3 Å². The van der Waals surface area contributed by atoms with Gasteiger partial charge >= 0.3 is 0 Å². The highest BCUT2D eigenvalue weighted by molar-refractivity contribution is 8.27. The molecule has 5 rings (SSSR count). The van der Waals surface area contributed by atoms with Crippen LogP contribution < -0.4 is 0 Å². The van der Waals surface area contributed by atoms with Crippen molar-refractivity contribution in [2.45, 2.75) is 27.3 Å². The molecular weight excluding hydrogens is 430 g/mol. The molecule has 2 aromatic carbocycles. The minimum absolute atomic E-state index is 0.0500. The van der Waals surface area contributed by atoms with Gasteiger partial charge < -0.3 is 4.57 Å². The first-order chi connectivity index (χ1) is 15.9. The summed E-state index contributed by atoms with van der Waals surface area (Å²) in [7, 11) is 0. The largest absolute Gasteiger partial charge is 0.344 e. The summed E-state index contributed by atoms with van der Waals surface area (Å²) in [6.45, 7) is 6.86. The summed E-state index contributed by atoms with van der Waals surface area (Å²) in [5.74, 6) is -0.359. The quantitative estimate of drug-likeness (QED) is 0.557.